The van der Waals surface area contributed by atoms with Gasteiger partial charge in [0.05, 0.1) is 0 Å². The lowest BCUT2D eigenvalue weighted by molar-refractivity contribution is 0.899. The summed E-state index contributed by atoms with van der Waals surface area (Å²) in [5.74, 6) is 1.81. The molecule has 0 radical (unpaired) electrons. The first-order chi connectivity index (χ1) is 9.74. The van der Waals surface area contributed by atoms with Crippen molar-refractivity contribution < 1.29 is 0 Å². The molecule has 0 amide bonds. The van der Waals surface area contributed by atoms with Crippen molar-refractivity contribution in [1.29, 1.82) is 0 Å². The van der Waals surface area contributed by atoms with Crippen LogP contribution in [0.2, 0.25) is 0 Å². The lowest BCUT2D eigenvalue weighted by atomic mass is 10.1. The van der Waals surface area contributed by atoms with Crippen LogP contribution in [0.15, 0.2) is 35.1 Å². The highest BCUT2D eigenvalue weighted by Gasteiger charge is 2.09. The van der Waals surface area contributed by atoms with Crippen LogP contribution in [0.1, 0.15) is 24.5 Å². The van der Waals surface area contributed by atoms with Crippen LogP contribution in [0.4, 0.5) is 11.6 Å². The molecule has 20 heavy (non-hydrogen) atoms. The molecule has 0 saturated carbocycles. The molecule has 1 aromatic heterocycles. The van der Waals surface area contributed by atoms with Gasteiger partial charge in [0.1, 0.15) is 18.0 Å². The molecule has 2 rings (SSSR count). The maximum atomic E-state index is 4.37. The van der Waals surface area contributed by atoms with E-state index >= 15 is 0 Å². The summed E-state index contributed by atoms with van der Waals surface area (Å²) in [6.45, 7) is 2.90. The Bertz CT molecular complexity index is 572. The van der Waals surface area contributed by atoms with Crippen molar-refractivity contribution in [3.05, 3.63) is 46.2 Å². The van der Waals surface area contributed by atoms with E-state index in [9.17, 15) is 0 Å². The summed E-state index contributed by atoms with van der Waals surface area (Å²) >= 11 is 3.49. The first-order valence-corrected chi connectivity index (χ1v) is 7.53. The lowest BCUT2D eigenvalue weighted by Gasteiger charge is -2.13. The third-order valence-electron chi connectivity index (χ3n) is 3.03. The van der Waals surface area contributed by atoms with E-state index < -0.39 is 0 Å². The minimum Gasteiger partial charge on any atom is -0.373 e. The molecular weight excluding hydrogens is 316 g/mol. The van der Waals surface area contributed by atoms with Gasteiger partial charge in [0.2, 0.25) is 0 Å². The predicted octanol–water partition coefficient (Wildman–Crippen LogP) is 3.85. The van der Waals surface area contributed by atoms with Gasteiger partial charge in [-0.2, -0.15) is 0 Å². The number of anilines is 2. The molecule has 0 atom stereocenters. The molecule has 1 aromatic carbocycles. The van der Waals surface area contributed by atoms with Gasteiger partial charge in [-0.3, -0.25) is 0 Å². The monoisotopic (exact) mass is 334 g/mol. The zero-order valence-electron chi connectivity index (χ0n) is 11.8. The van der Waals surface area contributed by atoms with Crippen molar-refractivity contribution in [2.45, 2.75) is 26.3 Å². The molecule has 5 heteroatoms. The molecule has 106 valence electrons. The van der Waals surface area contributed by atoms with E-state index in [1.54, 1.807) is 6.33 Å². The molecule has 0 aliphatic heterocycles. The number of hydrogen-bond donors (Lipinski definition) is 2. The fraction of sp³-hybridized carbons (Fsp3) is 0.333. The fourth-order valence-electron chi connectivity index (χ4n) is 2.10. The standard InChI is InChI=1S/C15H19BrN4/c1-3-5-13-14(17-2)19-10-20-15(13)18-9-11-6-4-7-12(16)8-11/h4,6-8,10H,3,5,9H2,1-2H3,(H2,17,18,19,20). The molecule has 2 N–H and O–H groups in total. The minimum absolute atomic E-state index is 0.746. The van der Waals surface area contributed by atoms with Crippen LogP contribution in [0.25, 0.3) is 0 Å². The van der Waals surface area contributed by atoms with Gasteiger partial charge in [0, 0.05) is 23.6 Å². The summed E-state index contributed by atoms with van der Waals surface area (Å²) < 4.78 is 1.09. The Hall–Kier alpha value is -1.62. The summed E-state index contributed by atoms with van der Waals surface area (Å²) in [6, 6.07) is 8.26. The number of nitrogens with zero attached hydrogens (tertiary/aromatic N) is 2. The molecule has 0 fully saturated rings. The highest BCUT2D eigenvalue weighted by atomic mass is 79.9. The van der Waals surface area contributed by atoms with E-state index in [1.807, 2.05) is 19.2 Å². The minimum atomic E-state index is 0.746. The van der Waals surface area contributed by atoms with Gasteiger partial charge in [0.15, 0.2) is 0 Å². The van der Waals surface area contributed by atoms with Crippen LogP contribution in [0.5, 0.6) is 0 Å². The number of hydrogen-bond acceptors (Lipinski definition) is 4. The lowest BCUT2D eigenvalue weighted by Crippen LogP contribution is -2.08. The van der Waals surface area contributed by atoms with Gasteiger partial charge in [-0.25, -0.2) is 9.97 Å². The van der Waals surface area contributed by atoms with Crippen LogP contribution in [0, 0.1) is 0 Å². The molecule has 1 heterocycles. The number of benzene rings is 1. The van der Waals surface area contributed by atoms with Gasteiger partial charge in [-0.05, 0) is 24.1 Å². The second kappa shape index (κ2) is 7.24. The molecule has 0 aliphatic rings. The Morgan fingerprint density at radius 1 is 1.20 bits per heavy atom. The highest BCUT2D eigenvalue weighted by molar-refractivity contribution is 9.10. The van der Waals surface area contributed by atoms with Crippen LogP contribution >= 0.6 is 15.9 Å². The molecule has 0 spiro atoms. The summed E-state index contributed by atoms with van der Waals surface area (Å²) in [7, 11) is 1.89. The third kappa shape index (κ3) is 3.70. The third-order valence-corrected chi connectivity index (χ3v) is 3.52. The summed E-state index contributed by atoms with van der Waals surface area (Å²) in [5, 5.41) is 6.53. The van der Waals surface area contributed by atoms with Gasteiger partial charge in [-0.15, -0.1) is 0 Å². The summed E-state index contributed by atoms with van der Waals surface area (Å²) in [6.07, 6.45) is 3.61. The van der Waals surface area contributed by atoms with E-state index in [1.165, 1.54) is 5.56 Å². The molecule has 0 unspecified atom stereocenters. The van der Waals surface area contributed by atoms with Crippen molar-refractivity contribution in [3.8, 4) is 0 Å². The van der Waals surface area contributed by atoms with Crippen molar-refractivity contribution in [2.24, 2.45) is 0 Å². The Balaban J connectivity index is 2.16. The van der Waals surface area contributed by atoms with E-state index in [-0.39, 0.29) is 0 Å². The summed E-state index contributed by atoms with van der Waals surface area (Å²) in [4.78, 5) is 8.65. The topological polar surface area (TPSA) is 49.8 Å². The predicted molar refractivity (Wildman–Crippen MR) is 87.0 cm³/mol. The second-order valence-corrected chi connectivity index (χ2v) is 5.45. The quantitative estimate of drug-likeness (QED) is 0.842. The van der Waals surface area contributed by atoms with Gasteiger partial charge in [-0.1, -0.05) is 41.4 Å². The molecule has 0 saturated heterocycles. The first kappa shape index (κ1) is 14.8. The molecule has 4 nitrogen and oxygen atoms in total. The highest BCUT2D eigenvalue weighted by Crippen LogP contribution is 2.22. The number of halogens is 1. The zero-order chi connectivity index (χ0) is 14.4. The summed E-state index contributed by atoms with van der Waals surface area (Å²) in [5.41, 5.74) is 2.36. The SMILES string of the molecule is CCCc1c(NC)ncnc1NCc1cccc(Br)c1. The van der Waals surface area contributed by atoms with Crippen molar-refractivity contribution in [1.82, 2.24) is 9.97 Å². The van der Waals surface area contributed by atoms with Gasteiger partial charge in [0.25, 0.3) is 0 Å². The molecule has 2 aromatic rings. The fourth-order valence-corrected chi connectivity index (χ4v) is 2.55. The van der Waals surface area contributed by atoms with E-state index in [2.05, 4.69) is 55.6 Å². The maximum Gasteiger partial charge on any atom is 0.134 e. The first-order valence-electron chi connectivity index (χ1n) is 6.74. The van der Waals surface area contributed by atoms with Crippen LogP contribution < -0.4 is 10.6 Å². The maximum absolute atomic E-state index is 4.37. The number of aromatic nitrogens is 2. The largest absolute Gasteiger partial charge is 0.373 e. The molecule has 0 bridgehead atoms. The van der Waals surface area contributed by atoms with Gasteiger partial charge < -0.3 is 10.6 Å². The van der Waals surface area contributed by atoms with Crippen molar-refractivity contribution in [2.75, 3.05) is 17.7 Å². The van der Waals surface area contributed by atoms with E-state index in [0.29, 0.717) is 0 Å². The van der Waals surface area contributed by atoms with Crippen molar-refractivity contribution in [3.63, 3.8) is 0 Å². The molecule has 0 aliphatic carbocycles. The van der Waals surface area contributed by atoms with E-state index in [0.717, 1.165) is 41.1 Å². The number of nitrogens with one attached hydrogen (secondary N) is 2. The van der Waals surface area contributed by atoms with Gasteiger partial charge >= 0.3 is 0 Å². The van der Waals surface area contributed by atoms with E-state index in [4.69, 9.17) is 0 Å². The van der Waals surface area contributed by atoms with Crippen LogP contribution in [0.3, 0.4) is 0 Å². The molecular formula is C15H19BrN4. The Morgan fingerprint density at radius 2 is 2.00 bits per heavy atom. The average Bonchev–Trinajstić information content (AvgIpc) is 2.46. The average molecular weight is 335 g/mol. The number of rotatable bonds is 6. The van der Waals surface area contributed by atoms with Crippen LogP contribution in [-0.2, 0) is 13.0 Å². The van der Waals surface area contributed by atoms with Crippen LogP contribution in [-0.4, -0.2) is 17.0 Å². The Kier molecular flexibility index (Phi) is 5.35. The van der Waals surface area contributed by atoms with Crippen molar-refractivity contribution >= 4 is 27.6 Å². The zero-order valence-corrected chi connectivity index (χ0v) is 13.4. The second-order valence-electron chi connectivity index (χ2n) is 4.53. The normalized spacial score (nSPS) is 10.3. The Morgan fingerprint density at radius 3 is 2.70 bits per heavy atom. The smallest absolute Gasteiger partial charge is 0.134 e. The Labute approximate surface area is 128 Å².